The van der Waals surface area contributed by atoms with Gasteiger partial charge in [0.1, 0.15) is 35.4 Å². The number of nitrogens with zero attached hydrogens (tertiary/aromatic N) is 2. The van der Waals surface area contributed by atoms with Crippen LogP contribution in [-0.2, 0) is 13.7 Å². The van der Waals surface area contributed by atoms with Gasteiger partial charge in [-0.15, -0.1) is 0 Å². The maximum absolute atomic E-state index is 6.03. The SMILES string of the molecule is COc1cc(Oc2ccc3nc(COc4ccccc4)n(C)c3c2)ccc1C. The van der Waals surface area contributed by atoms with Crippen LogP contribution in [0.25, 0.3) is 11.0 Å². The molecule has 4 aromatic rings. The van der Waals surface area contributed by atoms with Crippen molar-refractivity contribution in [2.75, 3.05) is 7.11 Å². The summed E-state index contributed by atoms with van der Waals surface area (Å²) in [5.41, 5.74) is 2.96. The molecule has 0 unspecified atom stereocenters. The second-order valence-corrected chi connectivity index (χ2v) is 6.57. The smallest absolute Gasteiger partial charge is 0.147 e. The molecule has 0 radical (unpaired) electrons. The highest BCUT2D eigenvalue weighted by Gasteiger charge is 2.10. The van der Waals surface area contributed by atoms with Gasteiger partial charge in [-0.1, -0.05) is 24.3 Å². The van der Waals surface area contributed by atoms with Gasteiger partial charge in [-0.25, -0.2) is 4.98 Å². The fourth-order valence-corrected chi connectivity index (χ4v) is 3.08. The summed E-state index contributed by atoms with van der Waals surface area (Å²) in [6.45, 7) is 2.41. The van der Waals surface area contributed by atoms with Gasteiger partial charge in [-0.2, -0.15) is 0 Å². The number of benzene rings is 3. The van der Waals surface area contributed by atoms with E-state index in [1.807, 2.05) is 85.3 Å². The molecule has 0 atom stereocenters. The molecule has 0 aliphatic heterocycles. The van der Waals surface area contributed by atoms with Gasteiger partial charge in [0.15, 0.2) is 0 Å². The highest BCUT2D eigenvalue weighted by molar-refractivity contribution is 5.77. The predicted octanol–water partition coefficient (Wildman–Crippen LogP) is 5.26. The number of rotatable bonds is 6. The van der Waals surface area contributed by atoms with E-state index in [0.717, 1.165) is 45.4 Å². The molecular formula is C23H22N2O3. The maximum Gasteiger partial charge on any atom is 0.147 e. The molecule has 0 aliphatic carbocycles. The molecular weight excluding hydrogens is 352 g/mol. The van der Waals surface area contributed by atoms with Crippen molar-refractivity contribution in [2.24, 2.45) is 7.05 Å². The second-order valence-electron chi connectivity index (χ2n) is 6.57. The molecule has 0 saturated heterocycles. The first-order chi connectivity index (χ1) is 13.6. The average molecular weight is 374 g/mol. The zero-order valence-corrected chi connectivity index (χ0v) is 16.2. The molecule has 5 nitrogen and oxygen atoms in total. The van der Waals surface area contributed by atoms with E-state index < -0.39 is 0 Å². The lowest BCUT2D eigenvalue weighted by molar-refractivity contribution is 0.292. The van der Waals surface area contributed by atoms with E-state index in [4.69, 9.17) is 14.2 Å². The Kier molecular flexibility index (Phi) is 4.89. The zero-order chi connectivity index (χ0) is 19.5. The highest BCUT2D eigenvalue weighted by atomic mass is 16.5. The molecule has 0 amide bonds. The van der Waals surface area contributed by atoms with Gasteiger partial charge < -0.3 is 18.8 Å². The van der Waals surface area contributed by atoms with E-state index in [9.17, 15) is 0 Å². The Bertz CT molecular complexity index is 1100. The summed E-state index contributed by atoms with van der Waals surface area (Å²) in [6, 6.07) is 21.4. The Morgan fingerprint density at radius 1 is 0.893 bits per heavy atom. The number of fused-ring (bicyclic) bond motifs is 1. The molecule has 0 aliphatic rings. The van der Waals surface area contributed by atoms with Gasteiger partial charge in [0.2, 0.25) is 0 Å². The fourth-order valence-electron chi connectivity index (χ4n) is 3.08. The van der Waals surface area contributed by atoms with Crippen LogP contribution in [0.3, 0.4) is 0 Å². The van der Waals surface area contributed by atoms with E-state index >= 15 is 0 Å². The van der Waals surface area contributed by atoms with Crippen LogP contribution in [0.5, 0.6) is 23.0 Å². The largest absolute Gasteiger partial charge is 0.496 e. The predicted molar refractivity (Wildman–Crippen MR) is 109 cm³/mol. The quantitative estimate of drug-likeness (QED) is 0.462. The van der Waals surface area contributed by atoms with Crippen molar-refractivity contribution < 1.29 is 14.2 Å². The topological polar surface area (TPSA) is 45.5 Å². The van der Waals surface area contributed by atoms with Gasteiger partial charge in [-0.3, -0.25) is 0 Å². The summed E-state index contributed by atoms with van der Waals surface area (Å²) in [6.07, 6.45) is 0. The van der Waals surface area contributed by atoms with Crippen molar-refractivity contribution in [1.82, 2.24) is 9.55 Å². The highest BCUT2D eigenvalue weighted by Crippen LogP contribution is 2.30. The van der Waals surface area contributed by atoms with Crippen molar-refractivity contribution in [3.8, 4) is 23.0 Å². The third-order valence-electron chi connectivity index (χ3n) is 4.67. The molecule has 4 rings (SSSR count). The number of imidazole rings is 1. The zero-order valence-electron chi connectivity index (χ0n) is 16.2. The van der Waals surface area contributed by atoms with Gasteiger partial charge in [0.25, 0.3) is 0 Å². The van der Waals surface area contributed by atoms with Crippen molar-refractivity contribution >= 4 is 11.0 Å². The Labute approximate surface area is 164 Å². The summed E-state index contributed by atoms with van der Waals surface area (Å²) in [7, 11) is 3.64. The fraction of sp³-hybridized carbons (Fsp3) is 0.174. The second kappa shape index (κ2) is 7.64. The first-order valence-electron chi connectivity index (χ1n) is 9.10. The molecule has 0 saturated carbocycles. The lowest BCUT2D eigenvalue weighted by atomic mass is 10.2. The Morgan fingerprint density at radius 3 is 2.43 bits per heavy atom. The van der Waals surface area contributed by atoms with Crippen LogP contribution in [0.1, 0.15) is 11.4 Å². The third-order valence-corrected chi connectivity index (χ3v) is 4.67. The van der Waals surface area contributed by atoms with Crippen LogP contribution < -0.4 is 14.2 Å². The van der Waals surface area contributed by atoms with E-state index in [1.165, 1.54) is 0 Å². The number of aryl methyl sites for hydroxylation is 2. The van der Waals surface area contributed by atoms with Crippen LogP contribution in [0.2, 0.25) is 0 Å². The van der Waals surface area contributed by atoms with Crippen molar-refractivity contribution in [3.05, 3.63) is 78.1 Å². The lowest BCUT2D eigenvalue weighted by Crippen LogP contribution is -2.03. The lowest BCUT2D eigenvalue weighted by Gasteiger charge is -2.10. The Balaban J connectivity index is 1.56. The first-order valence-corrected chi connectivity index (χ1v) is 9.10. The van der Waals surface area contributed by atoms with Crippen LogP contribution in [-0.4, -0.2) is 16.7 Å². The molecule has 0 fully saturated rings. The molecule has 5 heteroatoms. The minimum Gasteiger partial charge on any atom is -0.496 e. The van der Waals surface area contributed by atoms with Crippen LogP contribution in [0.15, 0.2) is 66.7 Å². The molecule has 0 spiro atoms. The number of hydrogen-bond acceptors (Lipinski definition) is 4. The number of aromatic nitrogens is 2. The van der Waals surface area contributed by atoms with Crippen molar-refractivity contribution in [2.45, 2.75) is 13.5 Å². The molecule has 3 aromatic carbocycles. The minimum atomic E-state index is 0.403. The summed E-state index contributed by atoms with van der Waals surface area (Å²) in [5.74, 6) is 3.97. The van der Waals surface area contributed by atoms with Gasteiger partial charge in [0, 0.05) is 19.2 Å². The minimum absolute atomic E-state index is 0.403. The Morgan fingerprint density at radius 2 is 1.64 bits per heavy atom. The van der Waals surface area contributed by atoms with E-state index in [1.54, 1.807) is 7.11 Å². The third kappa shape index (κ3) is 3.64. The van der Waals surface area contributed by atoms with E-state index in [-0.39, 0.29) is 0 Å². The molecule has 0 bridgehead atoms. The van der Waals surface area contributed by atoms with Gasteiger partial charge in [-0.05, 0) is 42.8 Å². The molecule has 28 heavy (non-hydrogen) atoms. The normalized spacial score (nSPS) is 10.8. The van der Waals surface area contributed by atoms with Crippen LogP contribution in [0.4, 0.5) is 0 Å². The average Bonchev–Trinajstić information content (AvgIpc) is 3.04. The molecule has 0 N–H and O–H groups in total. The summed E-state index contributed by atoms with van der Waals surface area (Å²) in [5, 5.41) is 0. The van der Waals surface area contributed by atoms with Crippen LogP contribution in [0, 0.1) is 6.92 Å². The Hall–Kier alpha value is -3.47. The van der Waals surface area contributed by atoms with Gasteiger partial charge >= 0.3 is 0 Å². The number of para-hydroxylation sites is 1. The number of methoxy groups -OCH3 is 1. The van der Waals surface area contributed by atoms with E-state index in [2.05, 4.69) is 4.98 Å². The van der Waals surface area contributed by atoms with Gasteiger partial charge in [0.05, 0.1) is 18.1 Å². The van der Waals surface area contributed by atoms with Crippen molar-refractivity contribution in [3.63, 3.8) is 0 Å². The summed E-state index contributed by atoms with van der Waals surface area (Å²) < 4.78 is 19.3. The molecule has 1 heterocycles. The number of hydrogen-bond donors (Lipinski definition) is 0. The maximum atomic E-state index is 6.03. The monoisotopic (exact) mass is 374 g/mol. The van der Waals surface area contributed by atoms with Crippen LogP contribution >= 0.6 is 0 Å². The standard InChI is InChI=1S/C23H22N2O3/c1-16-9-10-19(14-22(16)26-3)28-18-11-12-20-21(13-18)25(2)23(24-20)15-27-17-7-5-4-6-8-17/h4-14H,15H2,1-3H3. The van der Waals surface area contributed by atoms with Crippen molar-refractivity contribution in [1.29, 1.82) is 0 Å². The first kappa shape index (κ1) is 17.9. The van der Waals surface area contributed by atoms with E-state index in [0.29, 0.717) is 6.61 Å². The summed E-state index contributed by atoms with van der Waals surface area (Å²) in [4.78, 5) is 4.68. The molecule has 1 aromatic heterocycles. The molecule has 142 valence electrons. The number of ether oxygens (including phenoxy) is 3. The summed E-state index contributed by atoms with van der Waals surface area (Å²) >= 11 is 0.